The Morgan fingerprint density at radius 1 is 1.54 bits per heavy atom. The van der Waals surface area contributed by atoms with Gasteiger partial charge < -0.3 is 0 Å². The maximum Gasteiger partial charge on any atom is 0.168 e. The Balaban J connectivity index is 2.64. The molecule has 0 saturated heterocycles. The third kappa shape index (κ3) is 2.27. The Morgan fingerprint density at radius 3 is 2.77 bits per heavy atom. The number of allylic oxidation sites excluding steroid dienone is 1. The van der Waals surface area contributed by atoms with E-state index in [1.54, 1.807) is 0 Å². The summed E-state index contributed by atoms with van der Waals surface area (Å²) >= 11 is 0. The van der Waals surface area contributed by atoms with Gasteiger partial charge in [0.15, 0.2) is 5.78 Å². The van der Waals surface area contributed by atoms with E-state index in [1.807, 2.05) is 6.92 Å². The molecule has 1 unspecified atom stereocenters. The first-order valence-corrected chi connectivity index (χ1v) is 4.91. The number of carbonyl (C=O) groups excluding carboxylic acids is 2. The Hall–Kier alpha value is -0.920. The average Bonchev–Trinajstić information content (AvgIpc) is 2.16. The largest absolute Gasteiger partial charge is 0.299 e. The van der Waals surface area contributed by atoms with E-state index in [4.69, 9.17) is 0 Å². The molecule has 1 fully saturated rings. The van der Waals surface area contributed by atoms with Gasteiger partial charge in [0.25, 0.3) is 0 Å². The lowest BCUT2D eigenvalue weighted by molar-refractivity contribution is -0.132. The van der Waals surface area contributed by atoms with Crippen molar-refractivity contribution in [3.05, 3.63) is 12.2 Å². The van der Waals surface area contributed by atoms with E-state index in [-0.39, 0.29) is 17.5 Å². The van der Waals surface area contributed by atoms with Crippen LogP contribution in [0.1, 0.15) is 39.0 Å². The molecular formula is C11H16O2. The minimum Gasteiger partial charge on any atom is -0.299 e. The van der Waals surface area contributed by atoms with Gasteiger partial charge in [-0.25, -0.2) is 0 Å². The predicted octanol–water partition coefficient (Wildman–Crippen LogP) is 2.28. The quantitative estimate of drug-likeness (QED) is 0.493. The predicted molar refractivity (Wildman–Crippen MR) is 51.4 cm³/mol. The van der Waals surface area contributed by atoms with Crippen LogP contribution < -0.4 is 0 Å². The molecule has 0 bridgehead atoms. The van der Waals surface area contributed by atoms with Crippen LogP contribution in [0.2, 0.25) is 0 Å². The van der Waals surface area contributed by atoms with E-state index >= 15 is 0 Å². The van der Waals surface area contributed by atoms with E-state index in [0.29, 0.717) is 18.4 Å². The average molecular weight is 180 g/mol. The van der Waals surface area contributed by atoms with Crippen LogP contribution >= 0.6 is 0 Å². The smallest absolute Gasteiger partial charge is 0.168 e. The van der Waals surface area contributed by atoms with E-state index < -0.39 is 0 Å². The van der Waals surface area contributed by atoms with Gasteiger partial charge in [-0.15, -0.1) is 0 Å². The standard InChI is InChI=1S/C11H16O2/c1-3-8(2)11(13)9-6-4-5-7-10(9)12/h9H,2-7H2,1H3. The highest BCUT2D eigenvalue weighted by atomic mass is 16.1. The summed E-state index contributed by atoms with van der Waals surface area (Å²) in [4.78, 5) is 23.0. The van der Waals surface area contributed by atoms with Crippen molar-refractivity contribution in [2.24, 2.45) is 5.92 Å². The molecule has 1 aliphatic carbocycles. The zero-order valence-corrected chi connectivity index (χ0v) is 8.14. The van der Waals surface area contributed by atoms with Gasteiger partial charge in [-0.05, 0) is 24.8 Å². The van der Waals surface area contributed by atoms with Crippen molar-refractivity contribution in [2.45, 2.75) is 39.0 Å². The number of carbonyl (C=O) groups is 2. The molecule has 0 radical (unpaired) electrons. The van der Waals surface area contributed by atoms with E-state index in [0.717, 1.165) is 19.3 Å². The number of hydrogen-bond acceptors (Lipinski definition) is 2. The lowest BCUT2D eigenvalue weighted by atomic mass is 9.82. The van der Waals surface area contributed by atoms with Gasteiger partial charge in [0.05, 0.1) is 5.92 Å². The summed E-state index contributed by atoms with van der Waals surface area (Å²) in [6, 6.07) is 0. The highest BCUT2D eigenvalue weighted by molar-refractivity contribution is 6.10. The highest BCUT2D eigenvalue weighted by Crippen LogP contribution is 2.23. The maximum atomic E-state index is 11.6. The Labute approximate surface area is 79.0 Å². The molecule has 1 saturated carbocycles. The van der Waals surface area contributed by atoms with Gasteiger partial charge in [-0.2, -0.15) is 0 Å². The van der Waals surface area contributed by atoms with Crippen molar-refractivity contribution in [1.29, 1.82) is 0 Å². The molecule has 1 atom stereocenters. The third-order valence-electron chi connectivity index (χ3n) is 2.65. The molecule has 0 N–H and O–H groups in total. The lowest BCUT2D eigenvalue weighted by Gasteiger charge is -2.19. The van der Waals surface area contributed by atoms with E-state index in [9.17, 15) is 9.59 Å². The first-order chi connectivity index (χ1) is 6.16. The van der Waals surface area contributed by atoms with Gasteiger partial charge in [0.2, 0.25) is 0 Å². The van der Waals surface area contributed by atoms with Crippen molar-refractivity contribution in [3.8, 4) is 0 Å². The zero-order valence-electron chi connectivity index (χ0n) is 8.14. The second-order valence-corrected chi connectivity index (χ2v) is 3.59. The van der Waals surface area contributed by atoms with Gasteiger partial charge in [0, 0.05) is 6.42 Å². The molecule has 1 rings (SSSR count). The van der Waals surface area contributed by atoms with Crippen LogP contribution in [0.3, 0.4) is 0 Å². The fourth-order valence-electron chi connectivity index (χ4n) is 1.68. The highest BCUT2D eigenvalue weighted by Gasteiger charge is 2.29. The van der Waals surface area contributed by atoms with Crippen molar-refractivity contribution in [3.63, 3.8) is 0 Å². The Bertz CT molecular complexity index is 240. The summed E-state index contributed by atoms with van der Waals surface area (Å²) in [5, 5.41) is 0. The van der Waals surface area contributed by atoms with Gasteiger partial charge in [-0.3, -0.25) is 9.59 Å². The summed E-state index contributed by atoms with van der Waals surface area (Å²) in [5.41, 5.74) is 0.597. The number of Topliss-reactive ketones (excluding diaryl/α,β-unsaturated/α-hetero) is 2. The van der Waals surface area contributed by atoms with Crippen molar-refractivity contribution < 1.29 is 9.59 Å². The van der Waals surface area contributed by atoms with Crippen molar-refractivity contribution >= 4 is 11.6 Å². The summed E-state index contributed by atoms with van der Waals surface area (Å²) in [6.45, 7) is 5.58. The first kappa shape index (κ1) is 10.2. The summed E-state index contributed by atoms with van der Waals surface area (Å²) in [5.74, 6) is -0.265. The second kappa shape index (κ2) is 4.35. The second-order valence-electron chi connectivity index (χ2n) is 3.59. The summed E-state index contributed by atoms with van der Waals surface area (Å²) in [6.07, 6.45) is 3.91. The monoisotopic (exact) mass is 180 g/mol. The Morgan fingerprint density at radius 2 is 2.23 bits per heavy atom. The van der Waals surface area contributed by atoms with Crippen LogP contribution in [-0.4, -0.2) is 11.6 Å². The van der Waals surface area contributed by atoms with Crippen LogP contribution in [0.5, 0.6) is 0 Å². The van der Waals surface area contributed by atoms with Crippen LogP contribution in [0.25, 0.3) is 0 Å². The fourth-order valence-corrected chi connectivity index (χ4v) is 1.68. The molecule has 0 amide bonds. The fraction of sp³-hybridized carbons (Fsp3) is 0.636. The van der Waals surface area contributed by atoms with Gasteiger partial charge in [0.1, 0.15) is 5.78 Å². The summed E-state index contributed by atoms with van der Waals surface area (Å²) < 4.78 is 0. The molecule has 0 aromatic rings. The van der Waals surface area contributed by atoms with E-state index in [2.05, 4.69) is 6.58 Å². The molecule has 2 nitrogen and oxygen atoms in total. The van der Waals surface area contributed by atoms with Crippen molar-refractivity contribution in [1.82, 2.24) is 0 Å². The molecule has 72 valence electrons. The van der Waals surface area contributed by atoms with Gasteiger partial charge >= 0.3 is 0 Å². The SMILES string of the molecule is C=C(CC)C(=O)C1CCCCC1=O. The molecule has 2 heteroatoms. The first-order valence-electron chi connectivity index (χ1n) is 4.91. The number of ketones is 2. The normalized spacial score (nSPS) is 22.8. The summed E-state index contributed by atoms with van der Waals surface area (Å²) in [7, 11) is 0. The van der Waals surface area contributed by atoms with Crippen LogP contribution in [0, 0.1) is 5.92 Å². The molecule has 0 spiro atoms. The van der Waals surface area contributed by atoms with E-state index in [1.165, 1.54) is 0 Å². The lowest BCUT2D eigenvalue weighted by Crippen LogP contribution is -2.27. The van der Waals surface area contributed by atoms with Gasteiger partial charge in [-0.1, -0.05) is 19.9 Å². The minimum atomic E-state index is -0.360. The minimum absolute atomic E-state index is 0.0211. The maximum absolute atomic E-state index is 11.6. The van der Waals surface area contributed by atoms with Crippen LogP contribution in [0.15, 0.2) is 12.2 Å². The number of rotatable bonds is 3. The molecule has 13 heavy (non-hydrogen) atoms. The van der Waals surface area contributed by atoms with Crippen molar-refractivity contribution in [2.75, 3.05) is 0 Å². The van der Waals surface area contributed by atoms with Crippen LogP contribution in [-0.2, 0) is 9.59 Å². The molecule has 1 aliphatic rings. The topological polar surface area (TPSA) is 34.1 Å². The Kier molecular flexibility index (Phi) is 3.40. The molecular weight excluding hydrogens is 164 g/mol. The molecule has 0 aliphatic heterocycles. The zero-order chi connectivity index (χ0) is 9.84. The third-order valence-corrected chi connectivity index (χ3v) is 2.65. The molecule has 0 heterocycles. The number of hydrogen-bond donors (Lipinski definition) is 0. The van der Waals surface area contributed by atoms with Crippen LogP contribution in [0.4, 0.5) is 0 Å². The molecule has 0 aromatic carbocycles. The molecule has 0 aromatic heterocycles.